The van der Waals surface area contributed by atoms with Gasteiger partial charge in [0.25, 0.3) is 5.91 Å². The van der Waals surface area contributed by atoms with E-state index in [0.717, 1.165) is 28.2 Å². The Hall–Kier alpha value is -3.23. The third kappa shape index (κ3) is 5.07. The fourth-order valence-electron chi connectivity index (χ4n) is 4.29. The number of sulfonamides is 1. The number of anilines is 1. The molecule has 0 bridgehead atoms. The minimum absolute atomic E-state index is 0.241. The van der Waals surface area contributed by atoms with Crippen LogP contribution in [0.5, 0.6) is 0 Å². The highest BCUT2D eigenvalue weighted by Crippen LogP contribution is 2.23. The van der Waals surface area contributed by atoms with Crippen LogP contribution >= 0.6 is 0 Å². The average molecular weight is 466 g/mol. The normalized spacial score (nSPS) is 16.6. The summed E-state index contributed by atoms with van der Waals surface area (Å²) in [6.07, 6.45) is 2.23. The van der Waals surface area contributed by atoms with Crippen molar-refractivity contribution in [1.82, 2.24) is 9.62 Å². The average Bonchev–Trinajstić information content (AvgIpc) is 3.30. The Morgan fingerprint density at radius 2 is 1.82 bits per heavy atom. The fourth-order valence-corrected chi connectivity index (χ4v) is 5.41. The van der Waals surface area contributed by atoms with E-state index in [-0.39, 0.29) is 11.8 Å². The van der Waals surface area contributed by atoms with Crippen LogP contribution in [0.2, 0.25) is 0 Å². The first-order chi connectivity index (χ1) is 15.7. The Labute approximate surface area is 193 Å². The van der Waals surface area contributed by atoms with Gasteiger partial charge in [-0.2, -0.15) is 4.31 Å². The molecule has 0 aromatic heterocycles. The van der Waals surface area contributed by atoms with Gasteiger partial charge >= 0.3 is 0 Å². The standard InChI is InChI=1S/C25H27N3O4S/c1-17-12-13-20(27-25(30)23-11-6-14-28(23)33(2,31)32)15-22(17)24(29)26-16-19-9-5-8-18-7-3-4-10-21(18)19/h3-5,7-10,12-13,15,23H,6,11,14,16H2,1-2H3,(H,26,29)(H,27,30)/t23-/m0/s1. The topological polar surface area (TPSA) is 95.6 Å². The lowest BCUT2D eigenvalue weighted by atomic mass is 10.0. The molecule has 33 heavy (non-hydrogen) atoms. The summed E-state index contributed by atoms with van der Waals surface area (Å²) in [6.45, 7) is 2.55. The molecule has 1 saturated heterocycles. The third-order valence-corrected chi connectivity index (χ3v) is 7.29. The van der Waals surface area contributed by atoms with Gasteiger partial charge in [0.2, 0.25) is 15.9 Å². The Balaban J connectivity index is 1.47. The number of nitrogens with one attached hydrogen (secondary N) is 2. The van der Waals surface area contributed by atoms with E-state index in [4.69, 9.17) is 0 Å². The van der Waals surface area contributed by atoms with Gasteiger partial charge in [0.1, 0.15) is 6.04 Å². The molecular formula is C25H27N3O4S. The van der Waals surface area contributed by atoms with Gasteiger partial charge in [-0.25, -0.2) is 8.42 Å². The molecule has 0 spiro atoms. The van der Waals surface area contributed by atoms with Crippen molar-refractivity contribution < 1.29 is 18.0 Å². The molecule has 1 fully saturated rings. The van der Waals surface area contributed by atoms with E-state index in [1.165, 1.54) is 4.31 Å². The van der Waals surface area contributed by atoms with Crippen molar-refractivity contribution in [3.8, 4) is 0 Å². The first-order valence-electron chi connectivity index (χ1n) is 10.9. The Morgan fingerprint density at radius 1 is 1.06 bits per heavy atom. The highest BCUT2D eigenvalue weighted by Gasteiger charge is 2.36. The molecule has 3 aromatic carbocycles. The number of carbonyl (C=O) groups is 2. The van der Waals surface area contributed by atoms with E-state index >= 15 is 0 Å². The number of hydrogen-bond donors (Lipinski definition) is 2. The van der Waals surface area contributed by atoms with Crippen LogP contribution in [0.15, 0.2) is 60.7 Å². The van der Waals surface area contributed by atoms with E-state index in [9.17, 15) is 18.0 Å². The molecule has 1 heterocycles. The summed E-state index contributed by atoms with van der Waals surface area (Å²) in [5, 5.41) is 7.95. The lowest BCUT2D eigenvalue weighted by Gasteiger charge is -2.21. The smallest absolute Gasteiger partial charge is 0.251 e. The second kappa shape index (κ2) is 9.33. The van der Waals surface area contributed by atoms with Gasteiger partial charge in [-0.3, -0.25) is 9.59 Å². The van der Waals surface area contributed by atoms with Crippen LogP contribution in [0, 0.1) is 6.92 Å². The number of amides is 2. The quantitative estimate of drug-likeness (QED) is 0.583. The van der Waals surface area contributed by atoms with Crippen molar-refractivity contribution in [2.45, 2.75) is 32.4 Å². The molecule has 172 valence electrons. The second-order valence-electron chi connectivity index (χ2n) is 8.37. The second-order valence-corrected chi connectivity index (χ2v) is 10.3. The van der Waals surface area contributed by atoms with Crippen molar-refractivity contribution in [3.05, 3.63) is 77.4 Å². The van der Waals surface area contributed by atoms with Crippen LogP contribution in [-0.4, -0.2) is 43.4 Å². The van der Waals surface area contributed by atoms with Crippen LogP contribution < -0.4 is 10.6 Å². The van der Waals surface area contributed by atoms with Crippen LogP contribution in [0.4, 0.5) is 5.69 Å². The molecule has 1 aliphatic rings. The summed E-state index contributed by atoms with van der Waals surface area (Å²) < 4.78 is 25.1. The number of nitrogens with zero attached hydrogens (tertiary/aromatic N) is 1. The van der Waals surface area contributed by atoms with Gasteiger partial charge in [-0.05, 0) is 53.8 Å². The third-order valence-electron chi connectivity index (χ3n) is 6.00. The predicted molar refractivity (Wildman–Crippen MR) is 129 cm³/mol. The first-order valence-corrected chi connectivity index (χ1v) is 12.7. The Bertz CT molecular complexity index is 1310. The molecule has 0 unspecified atom stereocenters. The number of aryl methyl sites for hydroxylation is 1. The maximum Gasteiger partial charge on any atom is 0.251 e. The number of fused-ring (bicyclic) bond motifs is 1. The van der Waals surface area contributed by atoms with Crippen molar-refractivity contribution in [3.63, 3.8) is 0 Å². The Morgan fingerprint density at radius 3 is 2.61 bits per heavy atom. The maximum absolute atomic E-state index is 12.9. The maximum atomic E-state index is 12.9. The molecule has 7 nitrogen and oxygen atoms in total. The molecule has 0 saturated carbocycles. The van der Waals surface area contributed by atoms with E-state index in [0.29, 0.717) is 37.2 Å². The van der Waals surface area contributed by atoms with Gasteiger partial charge in [-0.1, -0.05) is 48.5 Å². The van der Waals surface area contributed by atoms with Crippen molar-refractivity contribution in [2.75, 3.05) is 18.1 Å². The van der Waals surface area contributed by atoms with E-state index in [1.807, 2.05) is 49.4 Å². The monoisotopic (exact) mass is 465 g/mol. The zero-order valence-corrected chi connectivity index (χ0v) is 19.5. The summed E-state index contributed by atoms with van der Waals surface area (Å²) in [4.78, 5) is 25.7. The summed E-state index contributed by atoms with van der Waals surface area (Å²) in [7, 11) is -3.46. The highest BCUT2D eigenvalue weighted by molar-refractivity contribution is 7.88. The first kappa shape index (κ1) is 22.9. The van der Waals surface area contributed by atoms with Crippen LogP contribution in [0.3, 0.4) is 0 Å². The van der Waals surface area contributed by atoms with Gasteiger partial charge in [-0.15, -0.1) is 0 Å². The summed E-state index contributed by atoms with van der Waals surface area (Å²) in [5.74, 6) is -0.626. The molecule has 0 radical (unpaired) electrons. The zero-order valence-electron chi connectivity index (χ0n) is 18.7. The van der Waals surface area contributed by atoms with Crippen LogP contribution in [-0.2, 0) is 21.4 Å². The van der Waals surface area contributed by atoms with E-state index in [1.54, 1.807) is 18.2 Å². The highest BCUT2D eigenvalue weighted by atomic mass is 32.2. The van der Waals surface area contributed by atoms with Crippen molar-refractivity contribution in [1.29, 1.82) is 0 Å². The number of rotatable bonds is 6. The van der Waals surface area contributed by atoms with Crippen LogP contribution in [0.1, 0.15) is 34.3 Å². The minimum Gasteiger partial charge on any atom is -0.348 e. The number of benzene rings is 3. The summed E-state index contributed by atoms with van der Waals surface area (Å²) >= 11 is 0. The number of carbonyl (C=O) groups excluding carboxylic acids is 2. The number of hydrogen-bond acceptors (Lipinski definition) is 4. The summed E-state index contributed by atoms with van der Waals surface area (Å²) in [6, 6.07) is 18.4. The molecule has 2 amide bonds. The SMILES string of the molecule is Cc1ccc(NC(=O)[C@@H]2CCCN2S(C)(=O)=O)cc1C(=O)NCc1cccc2ccccc12. The lowest BCUT2D eigenvalue weighted by Crippen LogP contribution is -2.42. The molecule has 0 aliphatic carbocycles. The van der Waals surface area contributed by atoms with Gasteiger partial charge in [0, 0.05) is 24.3 Å². The summed E-state index contributed by atoms with van der Waals surface area (Å²) in [5.41, 5.74) is 2.72. The van der Waals surface area contributed by atoms with E-state index in [2.05, 4.69) is 10.6 Å². The van der Waals surface area contributed by atoms with Gasteiger partial charge in [0.15, 0.2) is 0 Å². The van der Waals surface area contributed by atoms with E-state index < -0.39 is 16.1 Å². The van der Waals surface area contributed by atoms with Gasteiger partial charge < -0.3 is 10.6 Å². The molecule has 1 atom stereocenters. The molecule has 4 rings (SSSR count). The molecular weight excluding hydrogens is 438 g/mol. The lowest BCUT2D eigenvalue weighted by molar-refractivity contribution is -0.119. The predicted octanol–water partition coefficient (Wildman–Crippen LogP) is 3.44. The fraction of sp³-hybridized carbons (Fsp3) is 0.280. The molecule has 2 N–H and O–H groups in total. The molecule has 1 aliphatic heterocycles. The largest absolute Gasteiger partial charge is 0.348 e. The van der Waals surface area contributed by atoms with Gasteiger partial charge in [0.05, 0.1) is 6.26 Å². The minimum atomic E-state index is -3.46. The van der Waals surface area contributed by atoms with Crippen molar-refractivity contribution >= 4 is 38.3 Å². The van der Waals surface area contributed by atoms with Crippen LogP contribution in [0.25, 0.3) is 10.8 Å². The Kier molecular flexibility index (Phi) is 6.49. The van der Waals surface area contributed by atoms with Crippen molar-refractivity contribution in [2.24, 2.45) is 0 Å². The molecule has 3 aromatic rings. The molecule has 8 heteroatoms. The zero-order chi connectivity index (χ0) is 23.6.